The molecule has 0 spiro atoms. The van der Waals surface area contributed by atoms with Crippen LogP contribution in [-0.2, 0) is 11.2 Å². The maximum atomic E-state index is 11.9. The minimum absolute atomic E-state index is 0.339. The maximum absolute atomic E-state index is 11.9. The van der Waals surface area contributed by atoms with Crippen LogP contribution in [0.2, 0.25) is 0 Å². The van der Waals surface area contributed by atoms with Gasteiger partial charge in [0.05, 0.1) is 5.75 Å². The fourth-order valence-electron chi connectivity index (χ4n) is 2.00. The summed E-state index contributed by atoms with van der Waals surface area (Å²) in [6.07, 6.45) is 2.60. The standard InChI is InChI=1S/C18H20OS/c1-15-10-12-18(13-11-15)20-14-17(19)9-5-8-16-6-3-2-4-7-16/h2-4,6-7,10-13H,5,8-9,14H2,1H3. The zero-order chi connectivity index (χ0) is 14.2. The lowest BCUT2D eigenvalue weighted by Crippen LogP contribution is -2.02. The predicted molar refractivity (Wildman–Crippen MR) is 86.3 cm³/mol. The minimum atomic E-state index is 0.339. The third-order valence-electron chi connectivity index (χ3n) is 3.18. The second-order valence-electron chi connectivity index (χ2n) is 4.98. The molecular formula is C18H20OS. The van der Waals surface area contributed by atoms with Gasteiger partial charge in [0, 0.05) is 11.3 Å². The number of ketones is 1. The van der Waals surface area contributed by atoms with Gasteiger partial charge in [-0.25, -0.2) is 0 Å². The number of hydrogen-bond donors (Lipinski definition) is 0. The Labute approximate surface area is 125 Å². The molecule has 0 saturated heterocycles. The van der Waals surface area contributed by atoms with E-state index in [0.29, 0.717) is 18.0 Å². The van der Waals surface area contributed by atoms with Crippen molar-refractivity contribution in [1.29, 1.82) is 0 Å². The number of rotatable bonds is 7. The van der Waals surface area contributed by atoms with Crippen molar-refractivity contribution in [2.75, 3.05) is 5.75 Å². The zero-order valence-corrected chi connectivity index (χ0v) is 12.7. The van der Waals surface area contributed by atoms with Crippen molar-refractivity contribution in [3.63, 3.8) is 0 Å². The third-order valence-corrected chi connectivity index (χ3v) is 4.26. The predicted octanol–water partition coefficient (Wildman–Crippen LogP) is 4.68. The molecule has 0 atom stereocenters. The summed E-state index contributed by atoms with van der Waals surface area (Å²) in [5.41, 5.74) is 2.56. The molecule has 2 aromatic carbocycles. The molecule has 1 nitrogen and oxygen atoms in total. The smallest absolute Gasteiger partial charge is 0.143 e. The van der Waals surface area contributed by atoms with Crippen molar-refractivity contribution in [1.82, 2.24) is 0 Å². The van der Waals surface area contributed by atoms with E-state index in [2.05, 4.69) is 43.3 Å². The number of aryl methyl sites for hydroxylation is 2. The van der Waals surface area contributed by atoms with Crippen LogP contribution in [0.1, 0.15) is 24.0 Å². The fourth-order valence-corrected chi connectivity index (χ4v) is 2.81. The van der Waals surface area contributed by atoms with E-state index < -0.39 is 0 Å². The highest BCUT2D eigenvalue weighted by molar-refractivity contribution is 8.00. The van der Waals surface area contributed by atoms with Gasteiger partial charge < -0.3 is 0 Å². The molecular weight excluding hydrogens is 264 g/mol. The van der Waals surface area contributed by atoms with E-state index >= 15 is 0 Å². The summed E-state index contributed by atoms with van der Waals surface area (Å²) in [6.45, 7) is 2.07. The molecule has 0 aliphatic carbocycles. The van der Waals surface area contributed by atoms with E-state index in [-0.39, 0.29) is 0 Å². The quantitative estimate of drug-likeness (QED) is 0.687. The molecule has 0 amide bonds. The summed E-state index contributed by atoms with van der Waals surface area (Å²) in [6, 6.07) is 18.7. The summed E-state index contributed by atoms with van der Waals surface area (Å²) in [7, 11) is 0. The second kappa shape index (κ2) is 7.91. The van der Waals surface area contributed by atoms with Crippen molar-refractivity contribution in [2.45, 2.75) is 31.1 Å². The average Bonchev–Trinajstić information content (AvgIpc) is 2.48. The molecule has 0 radical (unpaired) electrons. The van der Waals surface area contributed by atoms with Crippen LogP contribution in [0, 0.1) is 6.92 Å². The SMILES string of the molecule is Cc1ccc(SCC(=O)CCCc2ccccc2)cc1. The van der Waals surface area contributed by atoms with Crippen molar-refractivity contribution >= 4 is 17.5 Å². The van der Waals surface area contributed by atoms with Crippen LogP contribution in [0.4, 0.5) is 0 Å². The monoisotopic (exact) mass is 284 g/mol. The highest BCUT2D eigenvalue weighted by Gasteiger charge is 2.03. The molecule has 2 aromatic rings. The van der Waals surface area contributed by atoms with Gasteiger partial charge in [-0.2, -0.15) is 0 Å². The first-order chi connectivity index (χ1) is 9.74. The summed E-state index contributed by atoms with van der Waals surface area (Å²) in [4.78, 5) is 13.0. The lowest BCUT2D eigenvalue weighted by Gasteiger charge is -2.03. The largest absolute Gasteiger partial charge is 0.299 e. The Hall–Kier alpha value is -1.54. The van der Waals surface area contributed by atoms with Crippen molar-refractivity contribution < 1.29 is 4.79 Å². The minimum Gasteiger partial charge on any atom is -0.299 e. The van der Waals surface area contributed by atoms with Gasteiger partial charge in [0.25, 0.3) is 0 Å². The molecule has 0 fully saturated rings. The van der Waals surface area contributed by atoms with Gasteiger partial charge in [0.1, 0.15) is 5.78 Å². The van der Waals surface area contributed by atoms with Gasteiger partial charge in [-0.15, -0.1) is 11.8 Å². The average molecular weight is 284 g/mol. The number of hydrogen-bond acceptors (Lipinski definition) is 2. The van der Waals surface area contributed by atoms with Gasteiger partial charge in [0.15, 0.2) is 0 Å². The molecule has 2 heteroatoms. The van der Waals surface area contributed by atoms with Gasteiger partial charge in [-0.05, 0) is 37.5 Å². The van der Waals surface area contributed by atoms with E-state index in [4.69, 9.17) is 0 Å². The number of Topliss-reactive ketones (excluding diaryl/α,β-unsaturated/α-hetero) is 1. The molecule has 2 rings (SSSR count). The Bertz CT molecular complexity index is 531. The van der Waals surface area contributed by atoms with Gasteiger partial charge in [-0.3, -0.25) is 4.79 Å². The van der Waals surface area contributed by atoms with Crippen LogP contribution in [0.25, 0.3) is 0 Å². The van der Waals surface area contributed by atoms with Crippen LogP contribution >= 0.6 is 11.8 Å². The molecule has 0 heterocycles. The van der Waals surface area contributed by atoms with Crippen LogP contribution < -0.4 is 0 Å². The first-order valence-corrected chi connectivity index (χ1v) is 7.98. The van der Waals surface area contributed by atoms with Gasteiger partial charge in [0.2, 0.25) is 0 Å². The Morgan fingerprint density at radius 2 is 1.70 bits per heavy atom. The van der Waals surface area contributed by atoms with E-state index in [1.54, 1.807) is 11.8 Å². The maximum Gasteiger partial charge on any atom is 0.143 e. The topological polar surface area (TPSA) is 17.1 Å². The molecule has 0 N–H and O–H groups in total. The van der Waals surface area contributed by atoms with Crippen LogP contribution in [-0.4, -0.2) is 11.5 Å². The molecule has 20 heavy (non-hydrogen) atoms. The van der Waals surface area contributed by atoms with E-state index in [9.17, 15) is 4.79 Å². The first kappa shape index (κ1) is 14.9. The second-order valence-corrected chi connectivity index (χ2v) is 6.03. The lowest BCUT2D eigenvalue weighted by atomic mass is 10.1. The van der Waals surface area contributed by atoms with Crippen molar-refractivity contribution in [3.05, 3.63) is 65.7 Å². The zero-order valence-electron chi connectivity index (χ0n) is 11.8. The Kier molecular flexibility index (Phi) is 5.87. The van der Waals surface area contributed by atoms with Crippen LogP contribution in [0.15, 0.2) is 59.5 Å². The summed E-state index contributed by atoms with van der Waals surface area (Å²) < 4.78 is 0. The molecule has 0 saturated carbocycles. The molecule has 0 bridgehead atoms. The highest BCUT2D eigenvalue weighted by atomic mass is 32.2. The van der Waals surface area contributed by atoms with Crippen LogP contribution in [0.3, 0.4) is 0 Å². The van der Waals surface area contributed by atoms with Crippen LogP contribution in [0.5, 0.6) is 0 Å². The summed E-state index contributed by atoms with van der Waals surface area (Å²) in [5.74, 6) is 0.921. The molecule has 0 aromatic heterocycles. The molecule has 0 aliphatic rings. The number of carbonyl (C=O) groups is 1. The highest BCUT2D eigenvalue weighted by Crippen LogP contribution is 2.19. The van der Waals surface area contributed by atoms with Gasteiger partial charge in [-0.1, -0.05) is 48.0 Å². The molecule has 0 unspecified atom stereocenters. The summed E-state index contributed by atoms with van der Waals surface area (Å²) in [5, 5.41) is 0. The van der Waals surface area contributed by atoms with Gasteiger partial charge >= 0.3 is 0 Å². The van der Waals surface area contributed by atoms with E-state index in [1.165, 1.54) is 16.0 Å². The lowest BCUT2D eigenvalue weighted by molar-refractivity contribution is -0.116. The van der Waals surface area contributed by atoms with E-state index in [1.807, 2.05) is 18.2 Å². The molecule has 104 valence electrons. The van der Waals surface area contributed by atoms with Crippen molar-refractivity contribution in [3.8, 4) is 0 Å². The summed E-state index contributed by atoms with van der Waals surface area (Å²) >= 11 is 1.63. The normalized spacial score (nSPS) is 10.4. The first-order valence-electron chi connectivity index (χ1n) is 6.99. The number of carbonyl (C=O) groups excluding carboxylic acids is 1. The van der Waals surface area contributed by atoms with E-state index in [0.717, 1.165) is 12.8 Å². The third kappa shape index (κ3) is 5.22. The number of benzene rings is 2. The number of thioether (sulfide) groups is 1. The fraction of sp³-hybridized carbons (Fsp3) is 0.278. The molecule has 0 aliphatic heterocycles. The Balaban J connectivity index is 1.67. The Morgan fingerprint density at radius 1 is 1.00 bits per heavy atom. The Morgan fingerprint density at radius 3 is 2.40 bits per heavy atom. The van der Waals surface area contributed by atoms with Crippen molar-refractivity contribution in [2.24, 2.45) is 0 Å².